The largest absolute Gasteiger partial charge is 0.465 e. The van der Waals surface area contributed by atoms with Gasteiger partial charge in [-0.15, -0.1) is 0 Å². The van der Waals surface area contributed by atoms with Crippen LogP contribution in [0.3, 0.4) is 0 Å². The Labute approximate surface area is 216 Å². The van der Waals surface area contributed by atoms with Crippen molar-refractivity contribution >= 4 is 34.5 Å². The lowest BCUT2D eigenvalue weighted by molar-refractivity contribution is -0.179. The number of piperidine rings is 1. The Balaban J connectivity index is 1.63. The van der Waals surface area contributed by atoms with Crippen LogP contribution in [0, 0.1) is 11.8 Å². The molecule has 0 aromatic carbocycles. The highest BCUT2D eigenvalue weighted by Gasteiger charge is 2.41. The SMILES string of the molecule is CCCCC(CC)COC(=O)CCSc1ncc2c(n1)c(N1CCC(C(F)(F)F)CC1)cn2C(C)C. The molecule has 1 atom stereocenters. The maximum Gasteiger partial charge on any atom is 0.391 e. The zero-order chi connectivity index (χ0) is 26.3. The molecule has 0 saturated carbocycles. The number of esters is 1. The minimum absolute atomic E-state index is 0.0873. The molecule has 10 heteroatoms. The molecule has 2 aromatic rings. The third-order valence-electron chi connectivity index (χ3n) is 6.95. The zero-order valence-corrected chi connectivity index (χ0v) is 22.6. The Kier molecular flexibility index (Phi) is 10.3. The lowest BCUT2D eigenvalue weighted by Gasteiger charge is -2.33. The summed E-state index contributed by atoms with van der Waals surface area (Å²) in [5.41, 5.74) is 2.45. The van der Waals surface area contributed by atoms with E-state index >= 15 is 0 Å². The summed E-state index contributed by atoms with van der Waals surface area (Å²) in [4.78, 5) is 23.5. The predicted molar refractivity (Wildman–Crippen MR) is 139 cm³/mol. The fourth-order valence-corrected chi connectivity index (χ4v) is 5.32. The van der Waals surface area contributed by atoms with Crippen molar-refractivity contribution in [3.05, 3.63) is 12.4 Å². The van der Waals surface area contributed by atoms with Gasteiger partial charge in [0.1, 0.15) is 5.52 Å². The number of halogens is 3. The summed E-state index contributed by atoms with van der Waals surface area (Å²) in [6, 6.07) is 0.162. The lowest BCUT2D eigenvalue weighted by atomic mass is 9.96. The van der Waals surface area contributed by atoms with E-state index in [0.717, 1.165) is 42.4 Å². The van der Waals surface area contributed by atoms with Gasteiger partial charge >= 0.3 is 12.1 Å². The van der Waals surface area contributed by atoms with Gasteiger partial charge in [-0.2, -0.15) is 13.2 Å². The molecule has 0 spiro atoms. The Bertz CT molecular complexity index is 987. The average Bonchev–Trinajstić information content (AvgIpc) is 3.23. The van der Waals surface area contributed by atoms with Crippen molar-refractivity contribution in [3.63, 3.8) is 0 Å². The van der Waals surface area contributed by atoms with Gasteiger partial charge in [0.2, 0.25) is 0 Å². The zero-order valence-electron chi connectivity index (χ0n) is 21.8. The van der Waals surface area contributed by atoms with E-state index in [1.54, 1.807) is 6.20 Å². The minimum atomic E-state index is -4.14. The molecule has 1 aliphatic heterocycles. The molecule has 1 saturated heterocycles. The van der Waals surface area contributed by atoms with Gasteiger partial charge in [-0.3, -0.25) is 4.79 Å². The molecule has 1 fully saturated rings. The van der Waals surface area contributed by atoms with Gasteiger partial charge < -0.3 is 14.2 Å². The van der Waals surface area contributed by atoms with E-state index in [0.29, 0.717) is 36.5 Å². The van der Waals surface area contributed by atoms with Gasteiger partial charge in [0.05, 0.1) is 36.3 Å². The number of thioether (sulfide) groups is 1. The second kappa shape index (κ2) is 13.0. The number of fused-ring (bicyclic) bond motifs is 1. The normalized spacial score (nSPS) is 16.2. The molecular formula is C26H39F3N4O2S. The van der Waals surface area contributed by atoms with Crippen molar-refractivity contribution in [2.45, 2.75) is 90.0 Å². The summed E-state index contributed by atoms with van der Waals surface area (Å²) in [5, 5.41) is 0.553. The van der Waals surface area contributed by atoms with Gasteiger partial charge in [-0.25, -0.2) is 9.97 Å². The van der Waals surface area contributed by atoms with E-state index in [2.05, 4.69) is 37.2 Å². The number of hydrogen-bond donors (Lipinski definition) is 0. The Morgan fingerprint density at radius 2 is 1.97 bits per heavy atom. The summed E-state index contributed by atoms with van der Waals surface area (Å²) >= 11 is 1.39. The Morgan fingerprint density at radius 1 is 1.25 bits per heavy atom. The fraction of sp³-hybridized carbons (Fsp3) is 0.731. The van der Waals surface area contributed by atoms with Crippen molar-refractivity contribution < 1.29 is 22.7 Å². The van der Waals surface area contributed by atoms with Crippen LogP contribution >= 0.6 is 11.8 Å². The van der Waals surface area contributed by atoms with Crippen molar-refractivity contribution in [3.8, 4) is 0 Å². The van der Waals surface area contributed by atoms with Crippen molar-refractivity contribution in [2.75, 3.05) is 30.3 Å². The van der Waals surface area contributed by atoms with Gasteiger partial charge in [0.25, 0.3) is 0 Å². The first kappa shape index (κ1) is 28.6. The number of carbonyl (C=O) groups is 1. The highest BCUT2D eigenvalue weighted by Crippen LogP contribution is 2.38. The van der Waals surface area contributed by atoms with Crippen LogP contribution in [-0.2, 0) is 9.53 Å². The molecule has 0 bridgehead atoms. The van der Waals surface area contributed by atoms with Crippen molar-refractivity contribution in [1.29, 1.82) is 0 Å². The minimum Gasteiger partial charge on any atom is -0.465 e. The maximum atomic E-state index is 13.1. The lowest BCUT2D eigenvalue weighted by Crippen LogP contribution is -2.39. The van der Waals surface area contributed by atoms with E-state index < -0.39 is 12.1 Å². The molecule has 202 valence electrons. The first-order valence-electron chi connectivity index (χ1n) is 13.1. The van der Waals surface area contributed by atoms with E-state index in [4.69, 9.17) is 9.72 Å². The van der Waals surface area contributed by atoms with Gasteiger partial charge in [0, 0.05) is 31.1 Å². The Hall–Kier alpha value is -1.97. The van der Waals surface area contributed by atoms with Crippen LogP contribution in [0.25, 0.3) is 11.0 Å². The van der Waals surface area contributed by atoms with E-state index in [1.807, 2.05) is 11.1 Å². The number of hydrogen-bond acceptors (Lipinski definition) is 6. The standard InChI is InChI=1S/C26H39F3N4O2S/c1-5-7-8-19(6-2)17-35-23(34)11-14-36-25-30-15-21-24(31-25)22(16-33(21)18(3)4)32-12-9-20(10-13-32)26(27,28)29/h15-16,18-20H,5-14,17H2,1-4H3. The topological polar surface area (TPSA) is 60.2 Å². The molecule has 0 aliphatic carbocycles. The summed E-state index contributed by atoms with van der Waals surface area (Å²) < 4.78 is 47.0. The molecule has 0 amide bonds. The first-order chi connectivity index (χ1) is 17.1. The molecule has 36 heavy (non-hydrogen) atoms. The first-order valence-corrected chi connectivity index (χ1v) is 14.1. The number of alkyl halides is 3. The molecular weight excluding hydrogens is 489 g/mol. The second-order valence-electron chi connectivity index (χ2n) is 9.90. The fourth-order valence-electron chi connectivity index (χ4n) is 4.58. The molecule has 1 unspecified atom stereocenters. The monoisotopic (exact) mass is 528 g/mol. The summed E-state index contributed by atoms with van der Waals surface area (Å²) in [6.45, 7) is 9.55. The molecule has 3 heterocycles. The summed E-state index contributed by atoms with van der Waals surface area (Å²) in [5.74, 6) is -0.533. The van der Waals surface area contributed by atoms with E-state index in [9.17, 15) is 18.0 Å². The molecule has 0 N–H and O–H groups in total. The summed E-state index contributed by atoms with van der Waals surface area (Å²) in [7, 11) is 0. The number of unbranched alkanes of at least 4 members (excludes halogenated alkanes) is 1. The molecule has 6 nitrogen and oxygen atoms in total. The van der Waals surface area contributed by atoms with Crippen LogP contribution in [0.5, 0.6) is 0 Å². The highest BCUT2D eigenvalue weighted by atomic mass is 32.2. The van der Waals surface area contributed by atoms with Crippen LogP contribution in [0.4, 0.5) is 18.9 Å². The van der Waals surface area contributed by atoms with Crippen LogP contribution in [0.1, 0.15) is 78.7 Å². The second-order valence-corrected chi connectivity index (χ2v) is 11.0. The van der Waals surface area contributed by atoms with Crippen LogP contribution in [0.2, 0.25) is 0 Å². The van der Waals surface area contributed by atoms with Crippen molar-refractivity contribution in [1.82, 2.24) is 14.5 Å². The van der Waals surface area contributed by atoms with Gasteiger partial charge in [0.15, 0.2) is 5.16 Å². The van der Waals surface area contributed by atoms with Crippen molar-refractivity contribution in [2.24, 2.45) is 11.8 Å². The maximum absolute atomic E-state index is 13.1. The number of aromatic nitrogens is 3. The molecule has 3 rings (SSSR count). The van der Waals surface area contributed by atoms with Crippen LogP contribution in [0.15, 0.2) is 17.6 Å². The number of rotatable bonds is 12. The van der Waals surface area contributed by atoms with E-state index in [1.165, 1.54) is 11.8 Å². The predicted octanol–water partition coefficient (Wildman–Crippen LogP) is 7.03. The number of ether oxygens (including phenoxy) is 1. The smallest absolute Gasteiger partial charge is 0.391 e. The average molecular weight is 529 g/mol. The van der Waals surface area contributed by atoms with Gasteiger partial charge in [-0.1, -0.05) is 44.9 Å². The molecule has 1 aliphatic rings. The number of anilines is 1. The third-order valence-corrected chi connectivity index (χ3v) is 7.81. The van der Waals surface area contributed by atoms with Gasteiger partial charge in [-0.05, 0) is 39.0 Å². The number of carbonyl (C=O) groups excluding carboxylic acids is 1. The highest BCUT2D eigenvalue weighted by molar-refractivity contribution is 7.99. The summed E-state index contributed by atoms with van der Waals surface area (Å²) in [6.07, 6.45) is 4.43. The number of nitrogens with zero attached hydrogens (tertiary/aromatic N) is 4. The van der Waals surface area contributed by atoms with Crippen LogP contribution < -0.4 is 4.90 Å². The molecule has 2 aromatic heterocycles. The van der Waals surface area contributed by atoms with E-state index in [-0.39, 0.29) is 31.3 Å². The quantitative estimate of drug-likeness (QED) is 0.167. The third kappa shape index (κ3) is 7.52. The Morgan fingerprint density at radius 3 is 2.58 bits per heavy atom. The van der Waals surface area contributed by atoms with Crippen LogP contribution in [-0.4, -0.2) is 52.1 Å². The molecule has 0 radical (unpaired) electrons.